The maximum atomic E-state index is 13.7. The number of rotatable bonds is 7. The largest absolute Gasteiger partial charge is 0.435 e. The first-order valence-electron chi connectivity index (χ1n) is 13.8. The van der Waals surface area contributed by atoms with E-state index >= 15 is 0 Å². The maximum Gasteiger partial charge on any atom is 0.435 e. The van der Waals surface area contributed by atoms with Crippen LogP contribution in [0, 0.1) is 0 Å². The Morgan fingerprint density at radius 2 is 1.82 bits per heavy atom. The number of aromatic nitrogens is 5. The first kappa shape index (κ1) is 30.5. The van der Waals surface area contributed by atoms with Crippen LogP contribution in [0.5, 0.6) is 0 Å². The smallest absolute Gasteiger partial charge is 0.337 e. The number of fused-ring (bicyclic) bond motifs is 1. The quantitative estimate of drug-likeness (QED) is 0.260. The summed E-state index contributed by atoms with van der Waals surface area (Å²) in [5.74, 6) is -0.125. The molecule has 1 aromatic carbocycles. The Balaban J connectivity index is 1.17. The fraction of sp³-hybridized carbons (Fsp3) is 0.370. The summed E-state index contributed by atoms with van der Waals surface area (Å²) >= 11 is 6.49. The fourth-order valence-electron chi connectivity index (χ4n) is 5.10. The number of halogens is 6. The summed E-state index contributed by atoms with van der Waals surface area (Å²) in [6.07, 6.45) is -3.00. The van der Waals surface area contributed by atoms with Crippen molar-refractivity contribution in [3.05, 3.63) is 59.3 Å². The predicted molar refractivity (Wildman–Crippen MR) is 153 cm³/mol. The summed E-state index contributed by atoms with van der Waals surface area (Å²) < 4.78 is 68.8. The van der Waals surface area contributed by atoms with Gasteiger partial charge in [0.05, 0.1) is 34.1 Å². The van der Waals surface area contributed by atoms with E-state index in [0.29, 0.717) is 36.5 Å². The van der Waals surface area contributed by atoms with Crippen molar-refractivity contribution in [1.29, 1.82) is 0 Å². The molecule has 0 unspecified atom stereocenters. The molecule has 238 valence electrons. The maximum absolute atomic E-state index is 13.7. The van der Waals surface area contributed by atoms with E-state index in [9.17, 15) is 31.5 Å². The lowest BCUT2D eigenvalue weighted by Gasteiger charge is -2.37. The van der Waals surface area contributed by atoms with Crippen LogP contribution in [0.3, 0.4) is 0 Å². The van der Waals surface area contributed by atoms with Crippen LogP contribution in [0.4, 0.5) is 38.3 Å². The average molecular weight is 653 g/mol. The van der Waals surface area contributed by atoms with E-state index in [4.69, 9.17) is 11.6 Å². The molecule has 0 radical (unpaired) electrons. The number of nitrogens with one attached hydrogen (secondary N) is 3. The van der Waals surface area contributed by atoms with E-state index in [0.717, 1.165) is 19.3 Å². The minimum atomic E-state index is -4.90. The van der Waals surface area contributed by atoms with E-state index < -0.39 is 30.4 Å². The highest BCUT2D eigenvalue weighted by atomic mass is 35.5. The van der Waals surface area contributed by atoms with Gasteiger partial charge in [-0.2, -0.15) is 18.3 Å². The Morgan fingerprint density at radius 1 is 1.09 bits per heavy atom. The van der Waals surface area contributed by atoms with Gasteiger partial charge < -0.3 is 25.8 Å². The number of benzene rings is 1. The van der Waals surface area contributed by atoms with Crippen molar-refractivity contribution in [2.45, 2.75) is 25.2 Å². The normalized spacial score (nSPS) is 15.9. The Kier molecular flexibility index (Phi) is 8.22. The molecule has 2 saturated heterocycles. The third kappa shape index (κ3) is 6.35. The Morgan fingerprint density at radius 3 is 2.47 bits per heavy atom. The van der Waals surface area contributed by atoms with Gasteiger partial charge in [-0.3, -0.25) is 13.9 Å². The molecule has 0 bridgehead atoms. The first-order valence-corrected chi connectivity index (χ1v) is 14.2. The van der Waals surface area contributed by atoms with Crippen molar-refractivity contribution >= 4 is 40.7 Å². The SMILES string of the molecule is O=C(NC1CNC1)N1CCN(C(=O)c2ccc(Nc3nccn4c(-c5cn(CC(F)F)nc5C(F)(F)F)cnc34)cc2Cl)CC1. The highest BCUT2D eigenvalue weighted by Gasteiger charge is 2.38. The van der Waals surface area contributed by atoms with Gasteiger partial charge in [0.2, 0.25) is 0 Å². The molecule has 2 aliphatic heterocycles. The molecule has 4 aromatic rings. The molecule has 6 rings (SSSR count). The summed E-state index contributed by atoms with van der Waals surface area (Å²) in [5, 5.41) is 12.5. The Hall–Kier alpha value is -4.51. The van der Waals surface area contributed by atoms with Crippen molar-refractivity contribution < 1.29 is 31.5 Å². The molecule has 3 N–H and O–H groups in total. The zero-order valence-electron chi connectivity index (χ0n) is 23.4. The molecule has 18 heteroatoms. The summed E-state index contributed by atoms with van der Waals surface area (Å²) in [7, 11) is 0. The number of urea groups is 1. The molecule has 3 aromatic heterocycles. The van der Waals surface area contributed by atoms with Crippen LogP contribution in [0.25, 0.3) is 16.9 Å². The number of nitrogens with zero attached hydrogens (tertiary/aromatic N) is 7. The monoisotopic (exact) mass is 652 g/mol. The zero-order valence-corrected chi connectivity index (χ0v) is 24.1. The summed E-state index contributed by atoms with van der Waals surface area (Å²) in [4.78, 5) is 37.4. The standard InChI is InChI=1S/C27H26ClF5N10O2/c28-19-9-15(1-2-17(19)25(44)40-5-7-41(8-6-40)26(45)38-16-10-34-11-16)37-23-24-36-12-20(43(24)4-3-35-23)18-13-42(14-21(29)30)39-22(18)27(31,32)33/h1-4,9,12-13,16,21,34H,5-8,10-11,14H2,(H,35,37)(H,38,45). The zero-order chi connectivity index (χ0) is 31.9. The van der Waals surface area contributed by atoms with Gasteiger partial charge in [0.15, 0.2) is 17.2 Å². The van der Waals surface area contributed by atoms with Crippen molar-refractivity contribution in [3.63, 3.8) is 0 Å². The third-order valence-electron chi connectivity index (χ3n) is 7.48. The van der Waals surface area contributed by atoms with Crippen molar-refractivity contribution in [2.24, 2.45) is 0 Å². The van der Waals surface area contributed by atoms with Crippen LogP contribution >= 0.6 is 11.6 Å². The summed E-state index contributed by atoms with van der Waals surface area (Å²) in [6.45, 7) is 1.93. The highest BCUT2D eigenvalue weighted by Crippen LogP contribution is 2.37. The van der Waals surface area contributed by atoms with E-state index in [1.807, 2.05) is 0 Å². The number of piperazine rings is 1. The number of hydrogen-bond donors (Lipinski definition) is 3. The number of carbonyl (C=O) groups excluding carboxylic acids is 2. The Bertz CT molecular complexity index is 1730. The predicted octanol–water partition coefficient (Wildman–Crippen LogP) is 3.71. The summed E-state index contributed by atoms with van der Waals surface area (Å²) in [6, 6.07) is 4.61. The minimum absolute atomic E-state index is 0.0279. The lowest BCUT2D eigenvalue weighted by molar-refractivity contribution is -0.141. The van der Waals surface area contributed by atoms with Crippen LogP contribution in [0.1, 0.15) is 16.1 Å². The second-order valence-corrected chi connectivity index (χ2v) is 10.9. The fourth-order valence-corrected chi connectivity index (χ4v) is 5.36. The van der Waals surface area contributed by atoms with Crippen LogP contribution in [0.2, 0.25) is 5.02 Å². The summed E-state index contributed by atoms with van der Waals surface area (Å²) in [5.41, 5.74) is -0.936. The van der Waals surface area contributed by atoms with Crippen LogP contribution in [-0.4, -0.2) is 97.6 Å². The van der Waals surface area contributed by atoms with Gasteiger partial charge in [0, 0.05) is 63.5 Å². The van der Waals surface area contributed by atoms with Crippen LogP contribution in [0.15, 0.2) is 43.0 Å². The molecular formula is C27H26ClF5N10O2. The van der Waals surface area contributed by atoms with Gasteiger partial charge in [0.25, 0.3) is 12.3 Å². The Labute approximate surface area is 257 Å². The highest BCUT2D eigenvalue weighted by molar-refractivity contribution is 6.34. The molecule has 2 aliphatic rings. The molecule has 5 heterocycles. The van der Waals surface area contributed by atoms with Gasteiger partial charge in [-0.1, -0.05) is 11.6 Å². The lowest BCUT2D eigenvalue weighted by Crippen LogP contribution is -2.61. The number of imidazole rings is 1. The number of amides is 3. The van der Waals surface area contributed by atoms with Crippen LogP contribution in [-0.2, 0) is 12.7 Å². The molecular weight excluding hydrogens is 627 g/mol. The van der Waals surface area contributed by atoms with E-state index in [2.05, 4.69) is 31.0 Å². The molecule has 3 amide bonds. The van der Waals surface area contributed by atoms with E-state index in [1.165, 1.54) is 29.1 Å². The van der Waals surface area contributed by atoms with E-state index in [1.54, 1.807) is 21.9 Å². The second kappa shape index (κ2) is 12.1. The minimum Gasteiger partial charge on any atom is -0.337 e. The second-order valence-electron chi connectivity index (χ2n) is 10.5. The van der Waals surface area contributed by atoms with E-state index in [-0.39, 0.29) is 45.7 Å². The number of alkyl halides is 5. The van der Waals surface area contributed by atoms with Crippen LogP contribution < -0.4 is 16.0 Å². The molecule has 0 spiro atoms. The molecule has 0 aliphatic carbocycles. The van der Waals surface area contributed by atoms with Crippen molar-refractivity contribution in [1.82, 2.24) is 44.6 Å². The first-order chi connectivity index (χ1) is 21.5. The number of carbonyl (C=O) groups is 2. The van der Waals surface area contributed by atoms with Crippen molar-refractivity contribution in [3.8, 4) is 11.3 Å². The molecule has 0 atom stereocenters. The van der Waals surface area contributed by atoms with Gasteiger partial charge in [0.1, 0.15) is 6.54 Å². The van der Waals surface area contributed by atoms with Gasteiger partial charge in [-0.15, -0.1) is 0 Å². The molecule has 12 nitrogen and oxygen atoms in total. The third-order valence-corrected chi connectivity index (χ3v) is 7.80. The van der Waals surface area contributed by atoms with Crippen molar-refractivity contribution in [2.75, 3.05) is 44.6 Å². The lowest BCUT2D eigenvalue weighted by atomic mass is 10.1. The average Bonchev–Trinajstić information content (AvgIpc) is 3.59. The molecule has 2 fully saturated rings. The van der Waals surface area contributed by atoms with Gasteiger partial charge in [-0.05, 0) is 18.2 Å². The van der Waals surface area contributed by atoms with Gasteiger partial charge >= 0.3 is 12.2 Å². The topological polar surface area (TPSA) is 125 Å². The number of anilines is 2. The van der Waals surface area contributed by atoms with Gasteiger partial charge in [-0.25, -0.2) is 23.5 Å². The number of hydrogen-bond acceptors (Lipinski definition) is 7. The molecule has 0 saturated carbocycles. The molecule has 45 heavy (non-hydrogen) atoms.